The van der Waals surface area contributed by atoms with Crippen molar-refractivity contribution in [2.75, 3.05) is 32.1 Å². The molecule has 4 aromatic carbocycles. The van der Waals surface area contributed by atoms with E-state index in [-0.39, 0.29) is 47.8 Å². The molecule has 3 aliphatic rings. The molecule has 16 nitrogen and oxygen atoms in total. The van der Waals surface area contributed by atoms with Crippen molar-refractivity contribution in [2.24, 2.45) is 11.8 Å². The Hall–Kier alpha value is -7.10. The van der Waals surface area contributed by atoms with Gasteiger partial charge in [0.05, 0.1) is 53.3 Å². The van der Waals surface area contributed by atoms with E-state index in [0.29, 0.717) is 25.5 Å². The number of H-pyrrole nitrogens is 2. The smallest absolute Gasteiger partial charge is 0.407 e. The fraction of sp³-hybridized carbons (Fsp3) is 0.434. The standard InChI is InChI=1S/C53H63N9O7/c1-31(2)46(58-52(65)68-6)50(63)60-26-10-14-44(60)48-54-38-22-16-34(28-40(38)56-48)42-24-25-43(62(42)36-18-20-37(21-19-36)69-30-33-12-8-7-9-13-33)35-17-23-39-41(29-35)57-49(55-39)45-15-11-27-61(45)51(64)47(32(3)4)59(5)53(66)67/h7-9,12-13,16-23,28-29,31-32,42-47H,10-11,14-15,24-27,30H2,1-6H3,(H,54,56)(H,55,57)(H,58,65)(H,66,67)/t42-,43-,44+,45+,46+,47+/m1/s1. The van der Waals surface area contributed by atoms with Crippen molar-refractivity contribution in [3.05, 3.63) is 119 Å². The van der Waals surface area contributed by atoms with Gasteiger partial charge in [0.2, 0.25) is 11.8 Å². The van der Waals surface area contributed by atoms with Gasteiger partial charge in [-0.3, -0.25) is 14.5 Å². The van der Waals surface area contributed by atoms with E-state index in [9.17, 15) is 24.3 Å². The number of nitrogens with one attached hydrogen (secondary N) is 3. The second-order valence-electron chi connectivity index (χ2n) is 19.4. The van der Waals surface area contributed by atoms with Crippen LogP contribution in [0.3, 0.4) is 0 Å². The van der Waals surface area contributed by atoms with Gasteiger partial charge in [-0.25, -0.2) is 19.6 Å². The maximum Gasteiger partial charge on any atom is 0.407 e. The van der Waals surface area contributed by atoms with Crippen LogP contribution in [0.2, 0.25) is 0 Å². The molecule has 4 amide bonds. The van der Waals surface area contributed by atoms with E-state index in [0.717, 1.165) is 99.4 Å². The summed E-state index contributed by atoms with van der Waals surface area (Å²) in [6.45, 7) is 9.14. The predicted octanol–water partition coefficient (Wildman–Crippen LogP) is 9.44. The SMILES string of the molecule is COC(=O)N[C@H](C(=O)N1CCC[C@H]1c1nc2cc([C@H]3CC[C@H](c4ccc5[nH]c([C@@H]6CCCN6C(=O)[C@H](C(C)C)N(C)C(=O)O)nc5c4)N3c3ccc(OCc4ccccc4)cc3)ccc2[nH]1)C(C)C. The fourth-order valence-corrected chi connectivity index (χ4v) is 10.8. The summed E-state index contributed by atoms with van der Waals surface area (Å²) in [6.07, 6.45) is 3.10. The van der Waals surface area contributed by atoms with Crippen LogP contribution in [-0.2, 0) is 20.9 Å². The lowest BCUT2D eigenvalue weighted by atomic mass is 10.0. The molecule has 5 heterocycles. The van der Waals surface area contributed by atoms with Gasteiger partial charge >= 0.3 is 12.2 Å². The number of rotatable bonds is 14. The molecule has 0 bridgehead atoms. The third-order valence-electron chi connectivity index (χ3n) is 14.3. The number of likely N-dealkylation sites (tertiary alicyclic amines) is 2. The Labute approximate surface area is 402 Å². The monoisotopic (exact) mass is 937 g/mol. The number of likely N-dealkylation sites (N-methyl/N-ethyl adjacent to an activating group) is 1. The number of benzene rings is 4. The summed E-state index contributed by atoms with van der Waals surface area (Å²) in [4.78, 5) is 76.6. The van der Waals surface area contributed by atoms with E-state index in [1.807, 2.05) is 62.9 Å². The molecule has 6 aromatic rings. The quantitative estimate of drug-likeness (QED) is 0.0819. The molecular weight excluding hydrogens is 875 g/mol. The lowest BCUT2D eigenvalue weighted by Gasteiger charge is -2.33. The molecule has 6 atom stereocenters. The first-order valence-corrected chi connectivity index (χ1v) is 24.2. The lowest BCUT2D eigenvalue weighted by molar-refractivity contribution is -0.138. The highest BCUT2D eigenvalue weighted by atomic mass is 16.5. The van der Waals surface area contributed by atoms with Crippen LogP contribution < -0.4 is 15.0 Å². The number of aromatic amines is 2. The average molecular weight is 938 g/mol. The molecule has 0 unspecified atom stereocenters. The van der Waals surface area contributed by atoms with Crippen molar-refractivity contribution in [3.63, 3.8) is 0 Å². The Kier molecular flexibility index (Phi) is 13.5. The number of anilines is 1. The molecule has 2 aromatic heterocycles. The van der Waals surface area contributed by atoms with Gasteiger partial charge < -0.3 is 44.6 Å². The molecule has 3 aliphatic heterocycles. The Morgan fingerprint density at radius 3 is 1.78 bits per heavy atom. The summed E-state index contributed by atoms with van der Waals surface area (Å²) in [6, 6.07) is 29.2. The number of carbonyl (C=O) groups is 4. The van der Waals surface area contributed by atoms with Gasteiger partial charge in [0.15, 0.2) is 0 Å². The van der Waals surface area contributed by atoms with Gasteiger partial charge in [0.25, 0.3) is 0 Å². The van der Waals surface area contributed by atoms with E-state index in [1.54, 1.807) is 4.90 Å². The third-order valence-corrected chi connectivity index (χ3v) is 14.3. The van der Waals surface area contributed by atoms with Crippen LogP contribution in [0.15, 0.2) is 91.0 Å². The number of hydrogen-bond donors (Lipinski definition) is 4. The number of amides is 4. The fourth-order valence-electron chi connectivity index (χ4n) is 10.8. The van der Waals surface area contributed by atoms with Crippen molar-refractivity contribution in [2.45, 2.75) is 109 Å². The van der Waals surface area contributed by atoms with Gasteiger partial charge in [0.1, 0.15) is 36.1 Å². The Balaban J connectivity index is 1.01. The van der Waals surface area contributed by atoms with E-state index in [1.165, 1.54) is 14.2 Å². The highest BCUT2D eigenvalue weighted by molar-refractivity contribution is 5.87. The van der Waals surface area contributed by atoms with E-state index < -0.39 is 24.3 Å². The van der Waals surface area contributed by atoms with Crippen LogP contribution in [0.4, 0.5) is 15.3 Å². The number of alkyl carbamates (subject to hydrolysis) is 1. The number of hydrogen-bond acceptors (Lipinski definition) is 9. The molecule has 3 fully saturated rings. The maximum absolute atomic E-state index is 14.0. The molecule has 9 rings (SSSR count). The molecule has 0 aliphatic carbocycles. The second kappa shape index (κ2) is 19.9. The van der Waals surface area contributed by atoms with Crippen LogP contribution in [0, 0.1) is 11.8 Å². The minimum absolute atomic E-state index is 0.00210. The zero-order valence-electron chi connectivity index (χ0n) is 40.2. The Bertz CT molecular complexity index is 2810. The number of fused-ring (bicyclic) bond motifs is 2. The van der Waals surface area contributed by atoms with Crippen molar-refractivity contribution in [1.29, 1.82) is 0 Å². The lowest BCUT2D eigenvalue weighted by Crippen LogP contribution is -2.51. The summed E-state index contributed by atoms with van der Waals surface area (Å²) in [5.74, 6) is 1.52. The summed E-state index contributed by atoms with van der Waals surface area (Å²) >= 11 is 0. The normalized spacial score (nSPS) is 20.3. The van der Waals surface area contributed by atoms with Gasteiger partial charge in [-0.15, -0.1) is 0 Å². The van der Waals surface area contributed by atoms with Crippen LogP contribution in [0.25, 0.3) is 22.1 Å². The zero-order valence-corrected chi connectivity index (χ0v) is 40.2. The van der Waals surface area contributed by atoms with Crippen LogP contribution in [0.1, 0.15) is 119 Å². The number of ether oxygens (including phenoxy) is 2. The maximum atomic E-state index is 14.0. The minimum Gasteiger partial charge on any atom is -0.489 e. The number of methoxy groups -OCH3 is 1. The molecule has 0 saturated carbocycles. The topological polar surface area (TPSA) is 189 Å². The molecule has 0 radical (unpaired) electrons. The van der Waals surface area contributed by atoms with Gasteiger partial charge in [-0.1, -0.05) is 70.2 Å². The summed E-state index contributed by atoms with van der Waals surface area (Å²) in [5.41, 5.74) is 7.77. The molecule has 362 valence electrons. The van der Waals surface area contributed by atoms with Crippen molar-refractivity contribution >= 4 is 51.8 Å². The molecule has 4 N–H and O–H groups in total. The Morgan fingerprint density at radius 1 is 0.725 bits per heavy atom. The minimum atomic E-state index is -1.13. The summed E-state index contributed by atoms with van der Waals surface area (Å²) in [5, 5.41) is 12.5. The third kappa shape index (κ3) is 9.53. The average Bonchev–Trinajstić information content (AvgIpc) is 4.21. The number of carboxylic acid groups (broad SMARTS) is 1. The van der Waals surface area contributed by atoms with Gasteiger partial charge in [-0.2, -0.15) is 0 Å². The van der Waals surface area contributed by atoms with E-state index in [4.69, 9.17) is 19.4 Å². The van der Waals surface area contributed by atoms with Gasteiger partial charge in [0, 0.05) is 25.8 Å². The molecule has 3 saturated heterocycles. The summed E-state index contributed by atoms with van der Waals surface area (Å²) < 4.78 is 11.0. The molecule has 0 spiro atoms. The van der Waals surface area contributed by atoms with Crippen molar-refractivity contribution < 1.29 is 33.8 Å². The zero-order chi connectivity index (χ0) is 48.5. The summed E-state index contributed by atoms with van der Waals surface area (Å²) in [7, 11) is 2.76. The van der Waals surface area contributed by atoms with E-state index in [2.05, 4.69) is 80.8 Å². The van der Waals surface area contributed by atoms with Crippen LogP contribution in [0.5, 0.6) is 5.75 Å². The van der Waals surface area contributed by atoms with Crippen LogP contribution >= 0.6 is 0 Å². The molecule has 16 heteroatoms. The highest BCUT2D eigenvalue weighted by Crippen LogP contribution is 2.48. The first-order chi connectivity index (χ1) is 33.3. The number of aromatic nitrogens is 4. The Morgan fingerprint density at radius 2 is 1.28 bits per heavy atom. The first-order valence-electron chi connectivity index (χ1n) is 24.2. The predicted molar refractivity (Wildman–Crippen MR) is 263 cm³/mol. The largest absolute Gasteiger partial charge is 0.489 e. The molecular formula is C53H63N9O7. The highest BCUT2D eigenvalue weighted by Gasteiger charge is 2.41. The number of imidazole rings is 2. The number of nitrogens with zero attached hydrogens (tertiary/aromatic N) is 6. The van der Waals surface area contributed by atoms with E-state index >= 15 is 0 Å². The number of carbonyl (C=O) groups excluding carboxylic acids is 3. The molecule has 69 heavy (non-hydrogen) atoms. The second-order valence-corrected chi connectivity index (χ2v) is 19.4. The van der Waals surface area contributed by atoms with Crippen LogP contribution in [-0.4, -0.2) is 103 Å². The van der Waals surface area contributed by atoms with Crippen molar-refractivity contribution in [3.8, 4) is 5.75 Å². The first kappa shape index (κ1) is 47.0. The van der Waals surface area contributed by atoms with Gasteiger partial charge in [-0.05, 0) is 116 Å². The van der Waals surface area contributed by atoms with Crippen molar-refractivity contribution in [1.82, 2.24) is 40.0 Å².